The summed E-state index contributed by atoms with van der Waals surface area (Å²) in [6.07, 6.45) is 2.19. The summed E-state index contributed by atoms with van der Waals surface area (Å²) >= 11 is 1.63. The van der Waals surface area contributed by atoms with Gasteiger partial charge in [-0.15, -0.1) is 0 Å². The van der Waals surface area contributed by atoms with Gasteiger partial charge in [-0.25, -0.2) is 0 Å². The zero-order valence-corrected chi connectivity index (χ0v) is 12.3. The molecule has 0 aliphatic carbocycles. The molecule has 0 atom stereocenters. The van der Waals surface area contributed by atoms with Crippen molar-refractivity contribution >= 4 is 28.7 Å². The number of rotatable bonds is 5. The minimum absolute atomic E-state index is 0.00419. The first-order chi connectivity index (χ1) is 8.41. The Bertz CT molecular complexity index is 289. The summed E-state index contributed by atoms with van der Waals surface area (Å²) in [7, 11) is 0. The summed E-state index contributed by atoms with van der Waals surface area (Å²) in [5.74, 6) is 1.02. The number of alkyl halides is 3. The predicted molar refractivity (Wildman–Crippen MR) is 74.3 cm³/mol. The van der Waals surface area contributed by atoms with Crippen LogP contribution in [0.25, 0.3) is 0 Å². The highest BCUT2D eigenvalue weighted by molar-refractivity contribution is 8.13. The van der Waals surface area contributed by atoms with Gasteiger partial charge in [-0.1, -0.05) is 25.6 Å². The van der Waals surface area contributed by atoms with Crippen LogP contribution in [0.1, 0.15) is 26.7 Å². The van der Waals surface area contributed by atoms with Crippen LogP contribution in [-0.2, 0) is 0 Å². The number of nitrogens with one attached hydrogen (secondary N) is 1. The Labute approximate surface area is 115 Å². The van der Waals surface area contributed by atoms with E-state index in [1.807, 2.05) is 0 Å². The van der Waals surface area contributed by atoms with Crippen LogP contribution >= 0.6 is 23.5 Å². The van der Waals surface area contributed by atoms with E-state index in [0.717, 1.165) is 30.3 Å². The van der Waals surface area contributed by atoms with Gasteiger partial charge in [-0.2, -0.15) is 13.2 Å². The van der Waals surface area contributed by atoms with Crippen LogP contribution in [-0.4, -0.2) is 35.3 Å². The highest BCUT2D eigenvalue weighted by Crippen LogP contribution is 2.34. The van der Waals surface area contributed by atoms with E-state index >= 15 is 0 Å². The van der Waals surface area contributed by atoms with Crippen molar-refractivity contribution in [2.75, 3.05) is 24.6 Å². The third-order valence-corrected chi connectivity index (χ3v) is 5.26. The molecular weight excluding hydrogens is 281 g/mol. The van der Waals surface area contributed by atoms with E-state index < -0.39 is 5.51 Å². The third kappa shape index (κ3) is 5.30. The quantitative estimate of drug-likeness (QED) is 0.783. The molecule has 0 radical (unpaired) electrons. The van der Waals surface area contributed by atoms with E-state index in [-0.39, 0.29) is 22.9 Å². The van der Waals surface area contributed by atoms with Gasteiger partial charge in [0.15, 0.2) is 5.17 Å². The third-order valence-electron chi connectivity index (χ3n) is 3.22. The number of aliphatic imine (C=N–C) groups is 1. The first-order valence-electron chi connectivity index (χ1n) is 6.02. The molecule has 1 aliphatic rings. The van der Waals surface area contributed by atoms with Crippen molar-refractivity contribution in [1.82, 2.24) is 5.32 Å². The molecule has 0 spiro atoms. The minimum atomic E-state index is -4.14. The Kier molecular flexibility index (Phi) is 6.17. The van der Waals surface area contributed by atoms with Crippen LogP contribution in [0, 0.1) is 5.41 Å². The van der Waals surface area contributed by atoms with E-state index in [1.165, 1.54) is 0 Å². The number of nitrogens with zero attached hydrogens (tertiary/aromatic N) is 1. The fourth-order valence-electron chi connectivity index (χ4n) is 1.66. The molecule has 7 heteroatoms. The van der Waals surface area contributed by atoms with Gasteiger partial charge in [-0.3, -0.25) is 4.99 Å². The zero-order chi connectivity index (χ0) is 13.6. The fourth-order valence-corrected chi connectivity index (χ4v) is 3.40. The second-order valence-corrected chi connectivity index (χ2v) is 6.46. The van der Waals surface area contributed by atoms with Crippen LogP contribution in [0.3, 0.4) is 0 Å². The summed E-state index contributed by atoms with van der Waals surface area (Å²) in [5.41, 5.74) is -3.86. The van der Waals surface area contributed by atoms with E-state index in [4.69, 9.17) is 0 Å². The van der Waals surface area contributed by atoms with Gasteiger partial charge in [0.25, 0.3) is 0 Å². The molecule has 1 heterocycles. The van der Waals surface area contributed by atoms with Crippen molar-refractivity contribution < 1.29 is 13.2 Å². The standard InChI is InChI=1S/C11H19F3N2S2/c1-3-10(4-2)7-16-9(17-8-10)15-5-6-18-11(12,13)14/h3-8H2,1-2H3,(H,15,16). The topological polar surface area (TPSA) is 24.4 Å². The fraction of sp³-hybridized carbons (Fsp3) is 0.909. The number of hydrogen-bond acceptors (Lipinski definition) is 4. The molecule has 1 N–H and O–H groups in total. The molecule has 0 amide bonds. The highest BCUT2D eigenvalue weighted by Gasteiger charge is 2.30. The lowest BCUT2D eigenvalue weighted by atomic mass is 9.84. The SMILES string of the molecule is CCC1(CC)CN=C(NCCSC(F)(F)F)SC1. The Morgan fingerprint density at radius 3 is 2.50 bits per heavy atom. The number of amidine groups is 1. The molecule has 0 aromatic heterocycles. The van der Waals surface area contributed by atoms with Crippen LogP contribution in [0.4, 0.5) is 13.2 Å². The molecule has 0 unspecified atom stereocenters. The molecule has 1 aliphatic heterocycles. The summed E-state index contributed by atoms with van der Waals surface area (Å²) in [5, 5.41) is 3.76. The molecule has 0 saturated carbocycles. The number of halogens is 3. The summed E-state index contributed by atoms with van der Waals surface area (Å²) in [6, 6.07) is 0. The molecule has 0 aromatic rings. The monoisotopic (exact) mass is 300 g/mol. The maximum absolute atomic E-state index is 11.9. The number of thioether (sulfide) groups is 2. The van der Waals surface area contributed by atoms with E-state index in [1.54, 1.807) is 11.8 Å². The number of hydrogen-bond donors (Lipinski definition) is 1. The normalized spacial score (nSPS) is 19.5. The van der Waals surface area contributed by atoms with Crippen molar-refractivity contribution in [3.63, 3.8) is 0 Å². The van der Waals surface area contributed by atoms with Gasteiger partial charge < -0.3 is 5.32 Å². The van der Waals surface area contributed by atoms with Gasteiger partial charge in [0.2, 0.25) is 0 Å². The largest absolute Gasteiger partial charge is 0.441 e. The summed E-state index contributed by atoms with van der Waals surface area (Å²) in [4.78, 5) is 4.44. The summed E-state index contributed by atoms with van der Waals surface area (Å²) in [6.45, 7) is 5.42. The smallest absolute Gasteiger partial charge is 0.364 e. The van der Waals surface area contributed by atoms with Gasteiger partial charge in [0.05, 0.1) is 0 Å². The first-order valence-corrected chi connectivity index (χ1v) is 8.00. The molecule has 0 fully saturated rings. The Morgan fingerprint density at radius 1 is 1.39 bits per heavy atom. The molecule has 0 saturated heterocycles. The van der Waals surface area contributed by atoms with Gasteiger partial charge in [-0.05, 0) is 30.0 Å². The van der Waals surface area contributed by atoms with Crippen molar-refractivity contribution in [1.29, 1.82) is 0 Å². The van der Waals surface area contributed by atoms with E-state index in [2.05, 4.69) is 24.2 Å². The Morgan fingerprint density at radius 2 is 2.06 bits per heavy atom. The van der Waals surface area contributed by atoms with E-state index in [0.29, 0.717) is 6.54 Å². The lowest BCUT2D eigenvalue weighted by molar-refractivity contribution is -0.0327. The molecule has 0 aromatic carbocycles. The van der Waals surface area contributed by atoms with Crippen molar-refractivity contribution in [2.45, 2.75) is 32.2 Å². The lowest BCUT2D eigenvalue weighted by Crippen LogP contribution is -2.35. The molecule has 106 valence electrons. The van der Waals surface area contributed by atoms with Crippen molar-refractivity contribution in [3.8, 4) is 0 Å². The average molecular weight is 300 g/mol. The molecule has 1 rings (SSSR count). The molecule has 2 nitrogen and oxygen atoms in total. The first kappa shape index (κ1) is 16.0. The van der Waals surface area contributed by atoms with Crippen LogP contribution < -0.4 is 5.32 Å². The molecular formula is C11H19F3N2S2. The van der Waals surface area contributed by atoms with Gasteiger partial charge >= 0.3 is 5.51 Å². The van der Waals surface area contributed by atoms with E-state index in [9.17, 15) is 13.2 Å². The van der Waals surface area contributed by atoms with Crippen LogP contribution in [0.5, 0.6) is 0 Å². The lowest BCUT2D eigenvalue weighted by Gasteiger charge is -2.33. The van der Waals surface area contributed by atoms with Crippen molar-refractivity contribution in [3.05, 3.63) is 0 Å². The summed E-state index contributed by atoms with van der Waals surface area (Å²) < 4.78 is 35.7. The highest BCUT2D eigenvalue weighted by atomic mass is 32.2. The zero-order valence-electron chi connectivity index (χ0n) is 10.6. The second kappa shape index (κ2) is 6.93. The van der Waals surface area contributed by atoms with Crippen LogP contribution in [0.2, 0.25) is 0 Å². The Balaban J connectivity index is 2.27. The van der Waals surface area contributed by atoms with Crippen molar-refractivity contribution in [2.24, 2.45) is 10.4 Å². The second-order valence-electron chi connectivity index (χ2n) is 4.34. The maximum Gasteiger partial charge on any atom is 0.441 e. The maximum atomic E-state index is 11.9. The predicted octanol–water partition coefficient (Wildman–Crippen LogP) is 3.74. The van der Waals surface area contributed by atoms with Gasteiger partial charge in [0.1, 0.15) is 0 Å². The Hall–Kier alpha value is -0.0400. The average Bonchev–Trinajstić information content (AvgIpc) is 2.34. The molecule has 0 bridgehead atoms. The molecule has 18 heavy (non-hydrogen) atoms. The minimum Gasteiger partial charge on any atom is -0.364 e. The van der Waals surface area contributed by atoms with Gasteiger partial charge in [0, 0.05) is 24.6 Å². The van der Waals surface area contributed by atoms with Crippen LogP contribution in [0.15, 0.2) is 4.99 Å².